The number of ether oxygens (including phenoxy) is 1. The minimum absolute atomic E-state index is 0.0320. The van der Waals surface area contributed by atoms with Gasteiger partial charge in [0, 0.05) is 38.4 Å². The van der Waals surface area contributed by atoms with Gasteiger partial charge in [0.25, 0.3) is 0 Å². The van der Waals surface area contributed by atoms with Gasteiger partial charge in [-0.15, -0.1) is 0 Å². The van der Waals surface area contributed by atoms with Crippen molar-refractivity contribution in [1.82, 2.24) is 20.0 Å². The van der Waals surface area contributed by atoms with Crippen molar-refractivity contribution in [3.8, 4) is 5.75 Å². The number of hydrogen-bond donors (Lipinski definition) is 1. The molecule has 0 spiro atoms. The van der Waals surface area contributed by atoms with Gasteiger partial charge >= 0.3 is 0 Å². The number of aromatic nitrogens is 2. The monoisotopic (exact) mass is 396 g/mol. The lowest BCUT2D eigenvalue weighted by Crippen LogP contribution is -2.55. The summed E-state index contributed by atoms with van der Waals surface area (Å²) < 4.78 is 7.42. The molecule has 1 aromatic carbocycles. The third kappa shape index (κ3) is 5.16. The van der Waals surface area contributed by atoms with Gasteiger partial charge in [-0.1, -0.05) is 30.9 Å². The van der Waals surface area contributed by atoms with Crippen LogP contribution in [-0.2, 0) is 18.4 Å². The van der Waals surface area contributed by atoms with Gasteiger partial charge in [0.1, 0.15) is 18.9 Å². The fourth-order valence-corrected chi connectivity index (χ4v) is 3.18. The van der Waals surface area contributed by atoms with Crippen molar-refractivity contribution >= 4 is 17.6 Å². The number of benzene rings is 1. The van der Waals surface area contributed by atoms with E-state index < -0.39 is 0 Å². The number of nitrogens with one attached hydrogen (secondary N) is 1. The highest BCUT2D eigenvalue weighted by Gasteiger charge is 2.27. The standard InChI is InChI=1S/C21H28N6O2/c1-4-12-29-19-9-7-6-8-17(19)13-23-21(22-5-2)26-10-11-27(20(28)16-26)18-14-24-25(3)15-18/h4,6-9,14-15H,1,5,10-13,16H2,2-3H3,(H,22,23). The Morgan fingerprint density at radius 2 is 2.21 bits per heavy atom. The van der Waals surface area contributed by atoms with Crippen LogP contribution in [0.5, 0.6) is 5.75 Å². The molecule has 8 nitrogen and oxygen atoms in total. The topological polar surface area (TPSA) is 75.0 Å². The van der Waals surface area contributed by atoms with Crippen molar-refractivity contribution in [2.75, 3.05) is 37.7 Å². The largest absolute Gasteiger partial charge is 0.489 e. The predicted molar refractivity (Wildman–Crippen MR) is 114 cm³/mol. The smallest absolute Gasteiger partial charge is 0.246 e. The summed E-state index contributed by atoms with van der Waals surface area (Å²) in [4.78, 5) is 21.2. The molecule has 0 saturated carbocycles. The number of nitrogens with zero attached hydrogens (tertiary/aromatic N) is 5. The van der Waals surface area contributed by atoms with E-state index in [1.165, 1.54) is 0 Å². The Morgan fingerprint density at radius 1 is 1.38 bits per heavy atom. The van der Waals surface area contributed by atoms with E-state index in [1.807, 2.05) is 49.3 Å². The van der Waals surface area contributed by atoms with E-state index in [4.69, 9.17) is 9.73 Å². The fraction of sp³-hybridized carbons (Fsp3) is 0.381. The minimum atomic E-state index is 0.0320. The molecule has 3 rings (SSSR count). The number of aliphatic imine (C=N–C) groups is 1. The summed E-state index contributed by atoms with van der Waals surface area (Å²) in [6, 6.07) is 7.83. The van der Waals surface area contributed by atoms with Crippen LogP contribution in [0, 0.1) is 0 Å². The molecule has 1 amide bonds. The fourth-order valence-electron chi connectivity index (χ4n) is 3.18. The van der Waals surface area contributed by atoms with Crippen LogP contribution in [0.4, 0.5) is 5.69 Å². The number of carbonyl (C=O) groups excluding carboxylic acids is 1. The van der Waals surface area contributed by atoms with Gasteiger partial charge in [-0.25, -0.2) is 4.99 Å². The summed E-state index contributed by atoms with van der Waals surface area (Å²) in [5.74, 6) is 1.55. The van der Waals surface area contributed by atoms with Crippen molar-refractivity contribution < 1.29 is 9.53 Å². The van der Waals surface area contributed by atoms with Crippen LogP contribution in [0.25, 0.3) is 0 Å². The maximum atomic E-state index is 12.7. The molecule has 8 heteroatoms. The van der Waals surface area contributed by atoms with Crippen LogP contribution < -0.4 is 15.0 Å². The molecule has 2 heterocycles. The number of aryl methyl sites for hydroxylation is 1. The van der Waals surface area contributed by atoms with E-state index in [9.17, 15) is 4.79 Å². The van der Waals surface area contributed by atoms with Crippen molar-refractivity contribution in [2.45, 2.75) is 13.5 Å². The SMILES string of the molecule is C=CCOc1ccccc1CN=C(NCC)N1CCN(c2cnn(C)c2)C(=O)C1. The van der Waals surface area contributed by atoms with E-state index in [0.717, 1.165) is 29.5 Å². The molecule has 29 heavy (non-hydrogen) atoms. The molecular formula is C21H28N6O2. The van der Waals surface area contributed by atoms with Crippen molar-refractivity contribution in [2.24, 2.45) is 12.0 Å². The Bertz CT molecular complexity index is 876. The summed E-state index contributed by atoms with van der Waals surface area (Å²) in [7, 11) is 1.84. The van der Waals surface area contributed by atoms with Crippen molar-refractivity contribution in [1.29, 1.82) is 0 Å². The molecule has 1 fully saturated rings. The predicted octanol–water partition coefficient (Wildman–Crippen LogP) is 1.80. The van der Waals surface area contributed by atoms with Crippen LogP contribution in [0.2, 0.25) is 0 Å². The Balaban J connectivity index is 1.70. The van der Waals surface area contributed by atoms with Gasteiger partial charge in [0.05, 0.1) is 18.4 Å². The third-order valence-corrected chi connectivity index (χ3v) is 4.59. The molecule has 0 atom stereocenters. The second-order valence-electron chi connectivity index (χ2n) is 6.72. The van der Waals surface area contributed by atoms with Crippen molar-refractivity contribution in [3.63, 3.8) is 0 Å². The maximum Gasteiger partial charge on any atom is 0.246 e. The van der Waals surface area contributed by atoms with E-state index in [-0.39, 0.29) is 12.5 Å². The molecule has 1 saturated heterocycles. The molecule has 154 valence electrons. The molecule has 0 radical (unpaired) electrons. The lowest BCUT2D eigenvalue weighted by molar-refractivity contribution is -0.120. The van der Waals surface area contributed by atoms with E-state index >= 15 is 0 Å². The van der Waals surface area contributed by atoms with Gasteiger partial charge in [0.2, 0.25) is 5.91 Å². The number of hydrogen-bond acceptors (Lipinski definition) is 4. The second-order valence-corrected chi connectivity index (χ2v) is 6.72. The van der Waals surface area contributed by atoms with Crippen LogP contribution in [0.3, 0.4) is 0 Å². The van der Waals surface area contributed by atoms with Crippen LogP contribution in [0.15, 0.2) is 54.3 Å². The normalized spacial score (nSPS) is 14.8. The van der Waals surface area contributed by atoms with Gasteiger partial charge in [-0.3, -0.25) is 9.48 Å². The molecule has 0 bridgehead atoms. The Kier molecular flexibility index (Phi) is 6.89. The Morgan fingerprint density at radius 3 is 2.90 bits per heavy atom. The number of carbonyl (C=O) groups is 1. The molecule has 1 aliphatic heterocycles. The van der Waals surface area contributed by atoms with E-state index in [1.54, 1.807) is 21.9 Å². The second kappa shape index (κ2) is 9.77. The maximum absolute atomic E-state index is 12.7. The van der Waals surface area contributed by atoms with E-state index in [2.05, 4.69) is 17.0 Å². The first-order valence-corrected chi connectivity index (χ1v) is 9.76. The number of amides is 1. The first-order chi connectivity index (χ1) is 14.1. The summed E-state index contributed by atoms with van der Waals surface area (Å²) in [6.07, 6.45) is 5.29. The van der Waals surface area contributed by atoms with Gasteiger partial charge in [-0.2, -0.15) is 5.10 Å². The molecule has 1 N–H and O–H groups in total. The number of para-hydroxylation sites is 1. The molecule has 2 aromatic rings. The van der Waals surface area contributed by atoms with E-state index in [0.29, 0.717) is 26.2 Å². The highest BCUT2D eigenvalue weighted by molar-refractivity contribution is 5.98. The number of guanidine groups is 1. The summed E-state index contributed by atoms with van der Waals surface area (Å²) >= 11 is 0. The number of rotatable bonds is 7. The molecule has 0 aliphatic carbocycles. The highest BCUT2D eigenvalue weighted by atomic mass is 16.5. The summed E-state index contributed by atoms with van der Waals surface area (Å²) in [5, 5.41) is 7.45. The third-order valence-electron chi connectivity index (χ3n) is 4.59. The number of anilines is 1. The highest BCUT2D eigenvalue weighted by Crippen LogP contribution is 2.20. The van der Waals surface area contributed by atoms with Crippen molar-refractivity contribution in [3.05, 3.63) is 54.9 Å². The van der Waals surface area contributed by atoms with Crippen LogP contribution in [0.1, 0.15) is 12.5 Å². The Labute approximate surface area is 171 Å². The summed E-state index contributed by atoms with van der Waals surface area (Å²) in [6.45, 7) is 8.91. The quantitative estimate of drug-likeness (QED) is 0.439. The molecular weight excluding hydrogens is 368 g/mol. The zero-order valence-electron chi connectivity index (χ0n) is 17.0. The zero-order valence-corrected chi connectivity index (χ0v) is 17.0. The van der Waals surface area contributed by atoms with Gasteiger partial charge in [-0.05, 0) is 13.0 Å². The first kappa shape index (κ1) is 20.4. The Hall–Kier alpha value is -3.29. The molecule has 1 aliphatic rings. The van der Waals surface area contributed by atoms with Gasteiger partial charge in [0.15, 0.2) is 5.96 Å². The number of piperazine rings is 1. The molecule has 1 aromatic heterocycles. The average Bonchev–Trinajstić information content (AvgIpc) is 3.16. The van der Waals surface area contributed by atoms with Gasteiger partial charge < -0.3 is 19.9 Å². The first-order valence-electron chi connectivity index (χ1n) is 9.76. The average molecular weight is 396 g/mol. The summed E-state index contributed by atoms with van der Waals surface area (Å²) in [5.41, 5.74) is 1.82. The minimum Gasteiger partial charge on any atom is -0.489 e. The lowest BCUT2D eigenvalue weighted by Gasteiger charge is -2.35. The lowest BCUT2D eigenvalue weighted by atomic mass is 10.2. The van der Waals surface area contributed by atoms with Crippen LogP contribution in [-0.4, -0.2) is 59.3 Å². The molecule has 0 unspecified atom stereocenters. The zero-order chi connectivity index (χ0) is 20.6. The van der Waals surface area contributed by atoms with Crippen LogP contribution >= 0.6 is 0 Å².